The van der Waals surface area contributed by atoms with E-state index in [4.69, 9.17) is 0 Å². The molecular weight excluding hydrogens is 220 g/mol. The van der Waals surface area contributed by atoms with Crippen LogP contribution in [0.1, 0.15) is 20.3 Å². The van der Waals surface area contributed by atoms with Crippen molar-refractivity contribution in [2.24, 2.45) is 5.92 Å². The van der Waals surface area contributed by atoms with Gasteiger partial charge in [0.2, 0.25) is 0 Å². The monoisotopic (exact) mass is 236 g/mol. The Kier molecular flexibility index (Phi) is 4.01. The fraction of sp³-hybridized carbons (Fsp3) is 0.889. The summed E-state index contributed by atoms with van der Waals surface area (Å²) in [6.07, 6.45) is 0.506. The largest absolute Gasteiger partial charge is 0.298 e. The third-order valence-corrected chi connectivity index (χ3v) is 5.86. The summed E-state index contributed by atoms with van der Waals surface area (Å²) in [6.45, 7) is 3.36. The van der Waals surface area contributed by atoms with Gasteiger partial charge in [-0.1, -0.05) is 0 Å². The van der Waals surface area contributed by atoms with Gasteiger partial charge in [0.05, 0.1) is 16.8 Å². The van der Waals surface area contributed by atoms with Gasteiger partial charge in [-0.2, -0.15) is 11.8 Å². The average Bonchev–Trinajstić information content (AvgIpc) is 2.47. The predicted octanol–water partition coefficient (Wildman–Crippen LogP) is 1.13. The van der Waals surface area contributed by atoms with E-state index in [9.17, 15) is 13.2 Å². The van der Waals surface area contributed by atoms with Crippen LogP contribution in [0.3, 0.4) is 0 Å². The SMILES string of the molecule is CC(C)S(=O)(=O)CCC1CSCC1=O. The molecule has 0 aromatic carbocycles. The smallest absolute Gasteiger partial charge is 0.152 e. The number of ketones is 1. The molecule has 0 saturated carbocycles. The van der Waals surface area contributed by atoms with Gasteiger partial charge in [-0.3, -0.25) is 4.79 Å². The van der Waals surface area contributed by atoms with Crippen LogP contribution in [0.25, 0.3) is 0 Å². The summed E-state index contributed by atoms with van der Waals surface area (Å²) in [5.74, 6) is 1.71. The molecule has 1 heterocycles. The van der Waals surface area contributed by atoms with Crippen LogP contribution in [-0.2, 0) is 14.6 Å². The Morgan fingerprint density at radius 3 is 2.57 bits per heavy atom. The molecule has 1 unspecified atom stereocenters. The number of Topliss-reactive ketones (excluding diaryl/α,β-unsaturated/α-hetero) is 1. The Hall–Kier alpha value is -0.0300. The highest BCUT2D eigenvalue weighted by atomic mass is 32.2. The highest BCUT2D eigenvalue weighted by Crippen LogP contribution is 2.23. The number of sulfone groups is 1. The summed E-state index contributed by atoms with van der Waals surface area (Å²) in [6, 6.07) is 0. The van der Waals surface area contributed by atoms with Gasteiger partial charge < -0.3 is 0 Å². The Labute approximate surface area is 89.6 Å². The Balaban J connectivity index is 2.44. The summed E-state index contributed by atoms with van der Waals surface area (Å²) < 4.78 is 23.0. The molecular formula is C9H16O3S2. The van der Waals surface area contributed by atoms with Crippen LogP contribution in [0.2, 0.25) is 0 Å². The lowest BCUT2D eigenvalue weighted by Crippen LogP contribution is -2.22. The number of carbonyl (C=O) groups excluding carboxylic acids is 1. The zero-order chi connectivity index (χ0) is 10.8. The van der Waals surface area contributed by atoms with E-state index in [1.54, 1.807) is 25.6 Å². The van der Waals surface area contributed by atoms with E-state index in [1.807, 2.05) is 0 Å². The molecule has 0 radical (unpaired) electrons. The minimum atomic E-state index is -2.97. The Morgan fingerprint density at radius 2 is 2.14 bits per heavy atom. The number of hydrogen-bond acceptors (Lipinski definition) is 4. The van der Waals surface area contributed by atoms with Crippen LogP contribution in [0.4, 0.5) is 0 Å². The molecule has 82 valence electrons. The maximum absolute atomic E-state index is 11.5. The van der Waals surface area contributed by atoms with Crippen molar-refractivity contribution in [3.63, 3.8) is 0 Å². The Bertz CT molecular complexity index is 306. The molecule has 0 aromatic heterocycles. The van der Waals surface area contributed by atoms with Crippen LogP contribution in [0.15, 0.2) is 0 Å². The van der Waals surface area contributed by atoms with Gasteiger partial charge in [-0.05, 0) is 20.3 Å². The number of thioether (sulfide) groups is 1. The van der Waals surface area contributed by atoms with E-state index in [-0.39, 0.29) is 22.7 Å². The fourth-order valence-electron chi connectivity index (χ4n) is 1.30. The van der Waals surface area contributed by atoms with Gasteiger partial charge in [-0.25, -0.2) is 8.42 Å². The summed E-state index contributed by atoms with van der Waals surface area (Å²) in [5.41, 5.74) is 0. The van der Waals surface area contributed by atoms with Gasteiger partial charge in [0.15, 0.2) is 9.84 Å². The number of hydrogen-bond donors (Lipinski definition) is 0. The van der Waals surface area contributed by atoms with Crippen molar-refractivity contribution < 1.29 is 13.2 Å². The maximum Gasteiger partial charge on any atom is 0.152 e. The molecule has 1 rings (SSSR count). The van der Waals surface area contributed by atoms with Crippen LogP contribution in [-0.4, -0.2) is 36.7 Å². The molecule has 1 fully saturated rings. The molecule has 0 N–H and O–H groups in total. The normalized spacial score (nSPS) is 23.4. The summed E-state index contributed by atoms with van der Waals surface area (Å²) >= 11 is 1.60. The van der Waals surface area contributed by atoms with Crippen LogP contribution >= 0.6 is 11.8 Å². The van der Waals surface area contributed by atoms with Gasteiger partial charge in [-0.15, -0.1) is 0 Å². The van der Waals surface area contributed by atoms with Gasteiger partial charge in [0.25, 0.3) is 0 Å². The van der Waals surface area contributed by atoms with Crippen molar-refractivity contribution in [3.05, 3.63) is 0 Å². The van der Waals surface area contributed by atoms with E-state index in [0.717, 1.165) is 5.75 Å². The molecule has 0 amide bonds. The lowest BCUT2D eigenvalue weighted by atomic mass is 10.1. The first-order chi connectivity index (χ1) is 6.43. The molecule has 0 bridgehead atoms. The molecule has 3 nitrogen and oxygen atoms in total. The second kappa shape index (κ2) is 4.66. The van der Waals surface area contributed by atoms with Crippen molar-refractivity contribution in [2.75, 3.05) is 17.3 Å². The van der Waals surface area contributed by atoms with Crippen molar-refractivity contribution in [1.82, 2.24) is 0 Å². The van der Waals surface area contributed by atoms with E-state index in [1.165, 1.54) is 0 Å². The van der Waals surface area contributed by atoms with Crippen LogP contribution in [0.5, 0.6) is 0 Å². The molecule has 1 aliphatic heterocycles. The van der Waals surface area contributed by atoms with Gasteiger partial charge >= 0.3 is 0 Å². The fourth-order valence-corrected chi connectivity index (χ4v) is 3.58. The lowest BCUT2D eigenvalue weighted by Gasteiger charge is -2.09. The zero-order valence-corrected chi connectivity index (χ0v) is 10.2. The second-order valence-corrected chi connectivity index (χ2v) is 7.59. The van der Waals surface area contributed by atoms with E-state index in [2.05, 4.69) is 0 Å². The van der Waals surface area contributed by atoms with E-state index in [0.29, 0.717) is 12.2 Å². The zero-order valence-electron chi connectivity index (χ0n) is 8.52. The van der Waals surface area contributed by atoms with Gasteiger partial charge in [0.1, 0.15) is 5.78 Å². The second-order valence-electron chi connectivity index (χ2n) is 3.88. The van der Waals surface area contributed by atoms with Crippen molar-refractivity contribution >= 4 is 27.4 Å². The maximum atomic E-state index is 11.5. The lowest BCUT2D eigenvalue weighted by molar-refractivity contribution is -0.119. The average molecular weight is 236 g/mol. The number of carbonyl (C=O) groups is 1. The molecule has 1 aliphatic rings. The summed E-state index contributed by atoms with van der Waals surface area (Å²) in [5, 5.41) is -0.327. The van der Waals surface area contributed by atoms with Crippen molar-refractivity contribution in [2.45, 2.75) is 25.5 Å². The standard InChI is InChI=1S/C9H16O3S2/c1-7(2)14(11,12)4-3-8-5-13-6-9(8)10/h7-8H,3-6H2,1-2H3. The third kappa shape index (κ3) is 2.98. The number of rotatable bonds is 4. The van der Waals surface area contributed by atoms with Crippen molar-refractivity contribution in [3.8, 4) is 0 Å². The van der Waals surface area contributed by atoms with E-state index >= 15 is 0 Å². The topological polar surface area (TPSA) is 51.2 Å². The molecule has 1 atom stereocenters. The minimum absolute atomic E-state index is 0.0199. The molecule has 0 aliphatic carbocycles. The molecule has 0 spiro atoms. The quantitative estimate of drug-likeness (QED) is 0.734. The highest BCUT2D eigenvalue weighted by Gasteiger charge is 2.27. The van der Waals surface area contributed by atoms with Crippen molar-refractivity contribution in [1.29, 1.82) is 0 Å². The van der Waals surface area contributed by atoms with Crippen LogP contribution in [0, 0.1) is 5.92 Å². The van der Waals surface area contributed by atoms with E-state index < -0.39 is 9.84 Å². The molecule has 1 saturated heterocycles. The first kappa shape index (κ1) is 12.0. The third-order valence-electron chi connectivity index (χ3n) is 2.49. The highest BCUT2D eigenvalue weighted by molar-refractivity contribution is 8.00. The molecule has 5 heteroatoms. The van der Waals surface area contributed by atoms with Gasteiger partial charge in [0, 0.05) is 11.7 Å². The summed E-state index contributed by atoms with van der Waals surface area (Å²) in [4.78, 5) is 11.2. The summed E-state index contributed by atoms with van der Waals surface area (Å²) in [7, 11) is -2.97. The molecule has 0 aromatic rings. The predicted molar refractivity (Wildman–Crippen MR) is 59.4 cm³/mol. The minimum Gasteiger partial charge on any atom is -0.298 e. The Morgan fingerprint density at radius 1 is 1.50 bits per heavy atom. The molecule has 14 heavy (non-hydrogen) atoms. The van der Waals surface area contributed by atoms with Crippen LogP contribution < -0.4 is 0 Å². The first-order valence-electron chi connectivity index (χ1n) is 4.75. The first-order valence-corrected chi connectivity index (χ1v) is 7.62.